The molecule has 3 N–H and O–H groups in total. The van der Waals surface area contributed by atoms with Crippen molar-refractivity contribution >= 4 is 39.1 Å². The number of hydrogen-bond acceptors (Lipinski definition) is 2. The molecule has 0 aliphatic heterocycles. The molecule has 3 nitrogen and oxygen atoms in total. The molecule has 0 heterocycles. The molecule has 0 aliphatic carbocycles. The zero-order valence-corrected chi connectivity index (χ0v) is 12.6. The standard InChI is InChI=1S/C14H11BrClFN2O/c15-11-5-10(17)6-12(16)13(11)19-14(20)9-3-1-8(7-18)2-4-9/h1-6H,7,18H2,(H,19,20). The van der Waals surface area contributed by atoms with Crippen LogP contribution >= 0.6 is 27.5 Å². The summed E-state index contributed by atoms with van der Waals surface area (Å²) in [7, 11) is 0. The van der Waals surface area contributed by atoms with E-state index in [0.29, 0.717) is 22.3 Å². The van der Waals surface area contributed by atoms with Crippen molar-refractivity contribution in [2.75, 3.05) is 5.32 Å². The summed E-state index contributed by atoms with van der Waals surface area (Å²) in [5, 5.41) is 2.77. The van der Waals surface area contributed by atoms with Crippen molar-refractivity contribution in [3.05, 3.63) is 62.8 Å². The number of carbonyl (C=O) groups excluding carboxylic acids is 1. The molecular weight excluding hydrogens is 347 g/mol. The number of carbonyl (C=O) groups is 1. The summed E-state index contributed by atoms with van der Waals surface area (Å²) in [5.41, 5.74) is 7.23. The summed E-state index contributed by atoms with van der Waals surface area (Å²) in [4.78, 5) is 12.1. The lowest BCUT2D eigenvalue weighted by Crippen LogP contribution is -2.13. The van der Waals surface area contributed by atoms with Crippen molar-refractivity contribution in [2.24, 2.45) is 5.73 Å². The zero-order chi connectivity index (χ0) is 14.7. The first-order valence-electron chi connectivity index (χ1n) is 5.76. The van der Waals surface area contributed by atoms with Gasteiger partial charge in [0.15, 0.2) is 0 Å². The third-order valence-corrected chi connectivity index (χ3v) is 3.62. The van der Waals surface area contributed by atoms with Gasteiger partial charge in [0.2, 0.25) is 0 Å². The number of amides is 1. The monoisotopic (exact) mass is 356 g/mol. The summed E-state index contributed by atoms with van der Waals surface area (Å²) in [6.45, 7) is 0.414. The van der Waals surface area contributed by atoms with Crippen LogP contribution in [0.1, 0.15) is 15.9 Å². The summed E-state index contributed by atoms with van der Waals surface area (Å²) >= 11 is 9.08. The molecule has 2 aromatic rings. The van der Waals surface area contributed by atoms with E-state index in [2.05, 4.69) is 21.2 Å². The minimum Gasteiger partial charge on any atom is -0.326 e. The van der Waals surface area contributed by atoms with Crippen molar-refractivity contribution in [1.29, 1.82) is 0 Å². The van der Waals surface area contributed by atoms with Gasteiger partial charge in [-0.3, -0.25) is 4.79 Å². The van der Waals surface area contributed by atoms with Crippen molar-refractivity contribution in [3.8, 4) is 0 Å². The van der Waals surface area contributed by atoms with Crippen molar-refractivity contribution < 1.29 is 9.18 Å². The number of nitrogens with one attached hydrogen (secondary N) is 1. The molecule has 0 saturated carbocycles. The predicted molar refractivity (Wildman–Crippen MR) is 81.4 cm³/mol. The first-order valence-corrected chi connectivity index (χ1v) is 6.93. The maximum atomic E-state index is 13.1. The Morgan fingerprint density at radius 1 is 1.30 bits per heavy atom. The van der Waals surface area contributed by atoms with Gasteiger partial charge in [-0.1, -0.05) is 23.7 Å². The minimum atomic E-state index is -0.479. The normalized spacial score (nSPS) is 10.4. The van der Waals surface area contributed by atoms with Gasteiger partial charge < -0.3 is 11.1 Å². The van der Waals surface area contributed by atoms with Gasteiger partial charge in [0.25, 0.3) is 5.91 Å². The van der Waals surface area contributed by atoms with Crippen LogP contribution in [0.4, 0.5) is 10.1 Å². The van der Waals surface area contributed by atoms with Crippen LogP contribution in [0.3, 0.4) is 0 Å². The fourth-order valence-corrected chi connectivity index (χ4v) is 2.54. The van der Waals surface area contributed by atoms with Crippen LogP contribution in [0.25, 0.3) is 0 Å². The van der Waals surface area contributed by atoms with Gasteiger partial charge >= 0.3 is 0 Å². The third kappa shape index (κ3) is 3.36. The van der Waals surface area contributed by atoms with Crippen LogP contribution in [0.15, 0.2) is 40.9 Å². The number of benzene rings is 2. The maximum absolute atomic E-state index is 13.1. The summed E-state index contributed by atoms with van der Waals surface area (Å²) in [6.07, 6.45) is 0. The molecule has 1 amide bonds. The highest BCUT2D eigenvalue weighted by atomic mass is 79.9. The van der Waals surface area contributed by atoms with Gasteiger partial charge in [0, 0.05) is 16.6 Å². The second kappa shape index (κ2) is 6.35. The molecule has 0 spiro atoms. The van der Waals surface area contributed by atoms with Crippen LogP contribution in [0, 0.1) is 5.82 Å². The number of hydrogen-bond donors (Lipinski definition) is 2. The fourth-order valence-electron chi connectivity index (χ4n) is 1.64. The summed E-state index contributed by atoms with van der Waals surface area (Å²) < 4.78 is 13.5. The lowest BCUT2D eigenvalue weighted by Gasteiger charge is -2.10. The Balaban J connectivity index is 2.23. The first-order chi connectivity index (χ1) is 9.51. The summed E-state index contributed by atoms with van der Waals surface area (Å²) in [5.74, 6) is -0.810. The van der Waals surface area contributed by atoms with Crippen LogP contribution in [-0.2, 0) is 6.54 Å². The molecule has 0 unspecified atom stereocenters. The first kappa shape index (κ1) is 15.0. The molecule has 2 rings (SSSR count). The van der Waals surface area contributed by atoms with Gasteiger partial charge in [-0.05, 0) is 45.8 Å². The molecule has 0 atom stereocenters. The Hall–Kier alpha value is -1.43. The molecule has 0 bridgehead atoms. The van der Waals surface area contributed by atoms with Crippen molar-refractivity contribution in [2.45, 2.75) is 6.54 Å². The van der Waals surface area contributed by atoms with Crippen molar-refractivity contribution in [3.63, 3.8) is 0 Å². The molecule has 0 aromatic heterocycles. The van der Waals surface area contributed by atoms with Crippen LogP contribution in [0.5, 0.6) is 0 Å². The van der Waals surface area contributed by atoms with E-state index in [0.717, 1.165) is 11.6 Å². The number of nitrogens with two attached hydrogens (primary N) is 1. The third-order valence-electron chi connectivity index (χ3n) is 2.70. The van der Waals surface area contributed by atoms with E-state index < -0.39 is 5.82 Å². The predicted octanol–water partition coefficient (Wildman–Crippen LogP) is 3.95. The van der Waals surface area contributed by atoms with Gasteiger partial charge in [-0.15, -0.1) is 0 Å². The van der Waals surface area contributed by atoms with Gasteiger partial charge in [0.1, 0.15) is 5.82 Å². The smallest absolute Gasteiger partial charge is 0.255 e. The quantitative estimate of drug-likeness (QED) is 0.874. The highest BCUT2D eigenvalue weighted by Crippen LogP contribution is 2.32. The van der Waals surface area contributed by atoms with E-state index in [1.165, 1.54) is 6.07 Å². The zero-order valence-electron chi connectivity index (χ0n) is 10.3. The molecule has 0 aliphatic rings. The van der Waals surface area contributed by atoms with Crippen LogP contribution in [-0.4, -0.2) is 5.91 Å². The fraction of sp³-hybridized carbons (Fsp3) is 0.0714. The molecule has 0 fully saturated rings. The van der Waals surface area contributed by atoms with E-state index in [4.69, 9.17) is 17.3 Å². The Morgan fingerprint density at radius 2 is 1.95 bits per heavy atom. The van der Waals surface area contributed by atoms with E-state index in [1.54, 1.807) is 24.3 Å². The number of halogens is 3. The second-order valence-corrected chi connectivity index (χ2v) is 5.36. The average molecular weight is 358 g/mol. The lowest BCUT2D eigenvalue weighted by atomic mass is 10.1. The van der Waals surface area contributed by atoms with Gasteiger partial charge in [0.05, 0.1) is 10.7 Å². The molecule has 2 aromatic carbocycles. The van der Waals surface area contributed by atoms with Gasteiger partial charge in [-0.25, -0.2) is 4.39 Å². The second-order valence-electron chi connectivity index (χ2n) is 4.10. The minimum absolute atomic E-state index is 0.129. The van der Waals surface area contributed by atoms with Gasteiger partial charge in [-0.2, -0.15) is 0 Å². The maximum Gasteiger partial charge on any atom is 0.255 e. The molecule has 104 valence electrons. The highest BCUT2D eigenvalue weighted by Gasteiger charge is 2.12. The Bertz CT molecular complexity index is 623. The number of rotatable bonds is 3. The topological polar surface area (TPSA) is 55.1 Å². The largest absolute Gasteiger partial charge is 0.326 e. The van der Waals surface area contributed by atoms with Crippen molar-refractivity contribution in [1.82, 2.24) is 0 Å². The Labute approximate surface area is 129 Å². The molecular formula is C14H11BrClFN2O. The van der Waals surface area contributed by atoms with E-state index in [1.807, 2.05) is 0 Å². The lowest BCUT2D eigenvalue weighted by molar-refractivity contribution is 0.102. The molecule has 0 radical (unpaired) electrons. The average Bonchev–Trinajstić information content (AvgIpc) is 2.42. The number of anilines is 1. The highest BCUT2D eigenvalue weighted by molar-refractivity contribution is 9.10. The molecule has 6 heteroatoms. The Kier molecular flexibility index (Phi) is 4.75. The Morgan fingerprint density at radius 3 is 2.50 bits per heavy atom. The van der Waals surface area contributed by atoms with E-state index in [-0.39, 0.29) is 10.9 Å². The molecule has 20 heavy (non-hydrogen) atoms. The molecule has 0 saturated heterocycles. The van der Waals surface area contributed by atoms with E-state index in [9.17, 15) is 9.18 Å². The van der Waals surface area contributed by atoms with E-state index >= 15 is 0 Å². The summed E-state index contributed by atoms with van der Waals surface area (Å²) in [6, 6.07) is 9.26. The van der Waals surface area contributed by atoms with Crippen LogP contribution < -0.4 is 11.1 Å². The SMILES string of the molecule is NCc1ccc(C(=O)Nc2c(Cl)cc(F)cc2Br)cc1. The van der Waals surface area contributed by atoms with Crippen LogP contribution in [0.2, 0.25) is 5.02 Å².